The van der Waals surface area contributed by atoms with E-state index in [1.54, 1.807) is 13.2 Å². The monoisotopic (exact) mass is 394 g/mol. The predicted molar refractivity (Wildman–Crippen MR) is 101 cm³/mol. The molecule has 0 atom stereocenters. The molecule has 0 aliphatic carbocycles. The average Bonchev–Trinajstić information content (AvgIpc) is 2.34. The molecule has 0 spiro atoms. The molecular formula is C15H28BrO3PSi. The fraction of sp³-hybridized carbons (Fsp3) is 0.600. The first kappa shape index (κ1) is 19.0. The number of rotatable bonds is 7. The SMILES string of the molecule is CO[Si](C)(C)CCCOc1ccc(O)cc1P(C)(C)(C)Br. The zero-order chi connectivity index (χ0) is 16.3. The van der Waals surface area contributed by atoms with E-state index in [9.17, 15) is 5.11 Å². The third-order valence-electron chi connectivity index (χ3n) is 3.49. The Hall–Kier alpha value is -0.0931. The Bertz CT molecular complexity index is 488. The number of halogens is 1. The van der Waals surface area contributed by atoms with Crippen LogP contribution in [0.4, 0.5) is 0 Å². The molecule has 21 heavy (non-hydrogen) atoms. The molecule has 0 aliphatic rings. The number of ether oxygens (including phenoxy) is 1. The van der Waals surface area contributed by atoms with Crippen molar-refractivity contribution in [2.24, 2.45) is 0 Å². The van der Waals surface area contributed by atoms with Gasteiger partial charge in [-0.2, -0.15) is 0 Å². The van der Waals surface area contributed by atoms with Gasteiger partial charge in [-0.15, -0.1) is 0 Å². The Morgan fingerprint density at radius 2 is 1.86 bits per heavy atom. The zero-order valence-corrected chi connectivity index (χ0v) is 17.4. The van der Waals surface area contributed by atoms with Gasteiger partial charge in [0, 0.05) is 0 Å². The molecule has 1 aromatic carbocycles. The molecule has 0 saturated heterocycles. The first-order valence-electron chi connectivity index (χ1n) is 7.15. The summed E-state index contributed by atoms with van der Waals surface area (Å²) in [6.07, 6.45) is 0.989. The molecule has 3 nitrogen and oxygen atoms in total. The van der Waals surface area contributed by atoms with E-state index in [0.717, 1.165) is 23.5 Å². The van der Waals surface area contributed by atoms with E-state index in [-0.39, 0.29) is 5.75 Å². The Kier molecular flexibility index (Phi) is 5.93. The van der Waals surface area contributed by atoms with Gasteiger partial charge < -0.3 is 0 Å². The molecule has 0 bridgehead atoms. The Morgan fingerprint density at radius 1 is 1.24 bits per heavy atom. The van der Waals surface area contributed by atoms with E-state index in [1.165, 1.54) is 0 Å². The van der Waals surface area contributed by atoms with Crippen LogP contribution in [-0.4, -0.2) is 47.1 Å². The number of phenolic OH excluding ortho intramolecular Hbond substituents is 1. The summed E-state index contributed by atoms with van der Waals surface area (Å²) in [5.41, 5.74) is 0. The third-order valence-corrected chi connectivity index (χ3v) is 9.28. The fourth-order valence-electron chi connectivity index (χ4n) is 2.00. The summed E-state index contributed by atoms with van der Waals surface area (Å²) < 4.78 is 11.5. The van der Waals surface area contributed by atoms with Crippen molar-refractivity contribution in [3.63, 3.8) is 0 Å². The van der Waals surface area contributed by atoms with E-state index in [2.05, 4.69) is 48.6 Å². The molecule has 0 amide bonds. The average molecular weight is 395 g/mol. The van der Waals surface area contributed by atoms with Crippen LogP contribution in [0.1, 0.15) is 6.42 Å². The van der Waals surface area contributed by atoms with Crippen LogP contribution in [0.3, 0.4) is 0 Å². The number of hydrogen-bond donors (Lipinski definition) is 1. The van der Waals surface area contributed by atoms with Crippen molar-refractivity contribution in [2.75, 3.05) is 33.7 Å². The molecule has 0 fully saturated rings. The molecule has 1 rings (SSSR count). The normalized spacial score (nSPS) is 14.5. The summed E-state index contributed by atoms with van der Waals surface area (Å²) in [6, 6.07) is 6.44. The number of phenols is 1. The van der Waals surface area contributed by atoms with E-state index in [1.807, 2.05) is 12.1 Å². The van der Waals surface area contributed by atoms with Crippen LogP contribution in [0.15, 0.2) is 18.2 Å². The predicted octanol–water partition coefficient (Wildman–Crippen LogP) is 4.39. The maximum atomic E-state index is 9.76. The van der Waals surface area contributed by atoms with Crippen molar-refractivity contribution < 1.29 is 14.3 Å². The van der Waals surface area contributed by atoms with Crippen molar-refractivity contribution >= 4 is 34.4 Å². The molecule has 0 radical (unpaired) electrons. The Balaban J connectivity index is 2.77. The molecular weight excluding hydrogens is 367 g/mol. The van der Waals surface area contributed by atoms with E-state index in [4.69, 9.17) is 9.16 Å². The van der Waals surface area contributed by atoms with Gasteiger partial charge in [0.25, 0.3) is 0 Å². The first-order valence-corrected chi connectivity index (χ1v) is 15.9. The van der Waals surface area contributed by atoms with Gasteiger partial charge in [0.05, 0.1) is 0 Å². The number of benzene rings is 1. The molecule has 0 unspecified atom stereocenters. The van der Waals surface area contributed by atoms with Crippen LogP contribution in [0.2, 0.25) is 19.1 Å². The molecule has 122 valence electrons. The molecule has 6 heteroatoms. The van der Waals surface area contributed by atoms with Crippen molar-refractivity contribution in [2.45, 2.75) is 25.6 Å². The number of hydrogen-bond acceptors (Lipinski definition) is 3. The van der Waals surface area contributed by atoms with Gasteiger partial charge in [-0.1, -0.05) is 0 Å². The second-order valence-electron chi connectivity index (χ2n) is 7.17. The molecule has 0 aliphatic heterocycles. The van der Waals surface area contributed by atoms with Gasteiger partial charge in [0.1, 0.15) is 0 Å². The van der Waals surface area contributed by atoms with Crippen molar-refractivity contribution in [3.05, 3.63) is 18.2 Å². The zero-order valence-electron chi connectivity index (χ0n) is 13.9. The quantitative estimate of drug-likeness (QED) is 0.423. The Labute approximate surface area is 137 Å². The van der Waals surface area contributed by atoms with Gasteiger partial charge in [-0.05, 0) is 0 Å². The van der Waals surface area contributed by atoms with Crippen LogP contribution in [0.25, 0.3) is 0 Å². The summed E-state index contributed by atoms with van der Waals surface area (Å²) in [4.78, 5) is 0. The van der Waals surface area contributed by atoms with Crippen LogP contribution in [0.5, 0.6) is 11.5 Å². The summed E-state index contributed by atoms with van der Waals surface area (Å²) >= 11 is 3.85. The molecule has 1 aromatic rings. The summed E-state index contributed by atoms with van der Waals surface area (Å²) in [5.74, 6) is 1.15. The number of aromatic hydroxyl groups is 1. The van der Waals surface area contributed by atoms with Gasteiger partial charge in [-0.3, -0.25) is 0 Å². The molecule has 1 N–H and O–H groups in total. The summed E-state index contributed by atoms with van der Waals surface area (Å²) in [6.45, 7) is 11.7. The van der Waals surface area contributed by atoms with Gasteiger partial charge in [-0.25, -0.2) is 0 Å². The minimum atomic E-state index is -2.17. The molecule has 0 heterocycles. The molecule has 0 aromatic heterocycles. The second kappa shape index (κ2) is 6.57. The van der Waals surface area contributed by atoms with E-state index in [0.29, 0.717) is 6.61 Å². The third kappa shape index (κ3) is 6.27. The van der Waals surface area contributed by atoms with Crippen LogP contribution in [-0.2, 0) is 4.43 Å². The van der Waals surface area contributed by atoms with Crippen LogP contribution < -0.4 is 10.0 Å². The Morgan fingerprint density at radius 3 is 2.38 bits per heavy atom. The van der Waals surface area contributed by atoms with E-state index < -0.39 is 13.6 Å². The topological polar surface area (TPSA) is 38.7 Å². The van der Waals surface area contributed by atoms with Crippen molar-refractivity contribution in [3.8, 4) is 11.5 Å². The molecule has 0 saturated carbocycles. The van der Waals surface area contributed by atoms with Crippen molar-refractivity contribution in [1.82, 2.24) is 0 Å². The fourth-order valence-corrected chi connectivity index (χ4v) is 5.48. The first-order chi connectivity index (χ1) is 9.41. The van der Waals surface area contributed by atoms with Crippen LogP contribution in [0, 0.1) is 0 Å². The van der Waals surface area contributed by atoms with Gasteiger partial charge >= 0.3 is 138 Å². The summed E-state index contributed by atoms with van der Waals surface area (Å²) in [7, 11) is 0.286. The minimum absolute atomic E-state index is 0.282. The summed E-state index contributed by atoms with van der Waals surface area (Å²) in [5, 5.41) is 8.66. The maximum absolute atomic E-state index is 9.76. The standard InChI is InChI=1S/C15H28BrO3PSi/c1-18-21(5,6)11-7-10-19-14-9-8-13(17)12-15(14)20(2,3,4)16/h8-9,12,17H,7,10-11H2,1-6H3. The van der Waals surface area contributed by atoms with Crippen LogP contribution >= 0.6 is 20.8 Å². The second-order valence-corrected chi connectivity index (χ2v) is 24.7. The van der Waals surface area contributed by atoms with E-state index >= 15 is 0 Å². The van der Waals surface area contributed by atoms with Gasteiger partial charge in [0.2, 0.25) is 0 Å². The van der Waals surface area contributed by atoms with Gasteiger partial charge in [0.15, 0.2) is 0 Å². The van der Waals surface area contributed by atoms with Crippen molar-refractivity contribution in [1.29, 1.82) is 0 Å².